The fourth-order valence-electron chi connectivity index (χ4n) is 1.80. The number of nitrogens with zero attached hydrogens (tertiary/aromatic N) is 1. The molecule has 1 aliphatic rings. The van der Waals surface area contributed by atoms with Gasteiger partial charge in [-0.05, 0) is 25.0 Å². The van der Waals surface area contributed by atoms with E-state index in [9.17, 15) is 24.1 Å². The largest absolute Gasteiger partial charge is 0.354 e. The van der Waals surface area contributed by atoms with Crippen LogP contribution >= 0.6 is 0 Å². The zero-order valence-electron chi connectivity index (χ0n) is 11.1. The van der Waals surface area contributed by atoms with E-state index in [0.29, 0.717) is 0 Å². The lowest BCUT2D eigenvalue weighted by Gasteiger charge is -2.07. The number of nitro benzene ring substituents is 1. The van der Waals surface area contributed by atoms with Crippen molar-refractivity contribution < 1.29 is 18.9 Å². The van der Waals surface area contributed by atoms with Crippen LogP contribution in [0, 0.1) is 21.8 Å². The lowest BCUT2D eigenvalue weighted by atomic mass is 10.1. The number of rotatable bonds is 6. The molecule has 1 aromatic rings. The zero-order valence-corrected chi connectivity index (χ0v) is 11.1. The van der Waals surface area contributed by atoms with Crippen LogP contribution in [-0.2, 0) is 4.79 Å². The Hall–Kier alpha value is -2.51. The maximum atomic E-state index is 13.1. The summed E-state index contributed by atoms with van der Waals surface area (Å²) in [5, 5.41) is 15.8. The predicted octanol–water partition coefficient (Wildman–Crippen LogP) is 0.990. The quantitative estimate of drug-likeness (QED) is 0.464. The number of halogens is 1. The molecular weight excluding hydrogens is 281 g/mol. The molecule has 0 saturated heterocycles. The minimum absolute atomic E-state index is 0.0546. The Morgan fingerprint density at radius 2 is 1.95 bits per heavy atom. The second kappa shape index (κ2) is 6.29. The number of carbonyl (C=O) groups excluding carboxylic acids is 2. The average Bonchev–Trinajstić information content (AvgIpc) is 3.27. The zero-order chi connectivity index (χ0) is 15.4. The van der Waals surface area contributed by atoms with Gasteiger partial charge in [0.2, 0.25) is 5.91 Å². The van der Waals surface area contributed by atoms with Crippen molar-refractivity contribution in [2.24, 2.45) is 5.92 Å². The molecule has 8 heteroatoms. The third-order valence-electron chi connectivity index (χ3n) is 3.06. The SMILES string of the molecule is O=C(NCCNC(=O)C1CC1)c1cc(F)ccc1[N+](=O)[O-]. The van der Waals surface area contributed by atoms with E-state index >= 15 is 0 Å². The third kappa shape index (κ3) is 3.98. The topological polar surface area (TPSA) is 101 Å². The Morgan fingerprint density at radius 3 is 2.57 bits per heavy atom. The van der Waals surface area contributed by atoms with E-state index < -0.39 is 22.3 Å². The molecule has 2 N–H and O–H groups in total. The van der Waals surface area contributed by atoms with Crippen molar-refractivity contribution in [2.45, 2.75) is 12.8 Å². The van der Waals surface area contributed by atoms with Crippen molar-refractivity contribution in [1.29, 1.82) is 0 Å². The Bertz CT molecular complexity index is 587. The summed E-state index contributed by atoms with van der Waals surface area (Å²) < 4.78 is 13.1. The monoisotopic (exact) mass is 295 g/mol. The van der Waals surface area contributed by atoms with Crippen LogP contribution in [0.3, 0.4) is 0 Å². The number of carbonyl (C=O) groups is 2. The molecule has 2 rings (SSSR count). The summed E-state index contributed by atoms with van der Waals surface area (Å²) in [6.07, 6.45) is 1.77. The van der Waals surface area contributed by atoms with Crippen molar-refractivity contribution in [3.63, 3.8) is 0 Å². The van der Waals surface area contributed by atoms with Gasteiger partial charge in [-0.3, -0.25) is 19.7 Å². The molecule has 112 valence electrons. The maximum absolute atomic E-state index is 13.1. The van der Waals surface area contributed by atoms with Crippen LogP contribution in [0.1, 0.15) is 23.2 Å². The van der Waals surface area contributed by atoms with Gasteiger partial charge in [0.25, 0.3) is 11.6 Å². The van der Waals surface area contributed by atoms with Crippen LogP contribution < -0.4 is 10.6 Å². The van der Waals surface area contributed by atoms with E-state index in [2.05, 4.69) is 10.6 Å². The summed E-state index contributed by atoms with van der Waals surface area (Å²) in [5.74, 6) is -1.46. The number of nitrogens with one attached hydrogen (secondary N) is 2. The summed E-state index contributed by atoms with van der Waals surface area (Å²) in [4.78, 5) is 33.2. The van der Waals surface area contributed by atoms with E-state index in [-0.39, 0.29) is 30.5 Å². The van der Waals surface area contributed by atoms with Crippen molar-refractivity contribution in [1.82, 2.24) is 10.6 Å². The summed E-state index contributed by atoms with van der Waals surface area (Å²) in [7, 11) is 0. The molecular formula is C13H14FN3O4. The van der Waals surface area contributed by atoms with Crippen LogP contribution in [0.2, 0.25) is 0 Å². The maximum Gasteiger partial charge on any atom is 0.282 e. The lowest BCUT2D eigenvalue weighted by molar-refractivity contribution is -0.385. The average molecular weight is 295 g/mol. The standard InChI is InChI=1S/C13H14FN3O4/c14-9-3-4-11(17(20)21)10(7-9)13(19)16-6-5-15-12(18)8-1-2-8/h3-4,7-8H,1-2,5-6H2,(H,15,18)(H,16,19). The van der Waals surface area contributed by atoms with Gasteiger partial charge in [-0.25, -0.2) is 4.39 Å². The molecule has 0 spiro atoms. The van der Waals surface area contributed by atoms with Gasteiger partial charge in [-0.1, -0.05) is 0 Å². The van der Waals surface area contributed by atoms with E-state index in [1.165, 1.54) is 0 Å². The number of hydrogen-bond acceptors (Lipinski definition) is 4. The van der Waals surface area contributed by atoms with Gasteiger partial charge in [-0.2, -0.15) is 0 Å². The van der Waals surface area contributed by atoms with Crippen molar-refractivity contribution in [3.05, 3.63) is 39.7 Å². The first-order valence-electron chi connectivity index (χ1n) is 6.49. The molecule has 1 aromatic carbocycles. The molecule has 7 nitrogen and oxygen atoms in total. The Balaban J connectivity index is 1.89. The smallest absolute Gasteiger partial charge is 0.282 e. The third-order valence-corrected chi connectivity index (χ3v) is 3.06. The van der Waals surface area contributed by atoms with Gasteiger partial charge in [0, 0.05) is 25.1 Å². The second-order valence-electron chi connectivity index (χ2n) is 4.74. The molecule has 0 atom stereocenters. The van der Waals surface area contributed by atoms with E-state index in [1.807, 2.05) is 0 Å². The first-order chi connectivity index (χ1) is 9.99. The van der Waals surface area contributed by atoms with Gasteiger partial charge < -0.3 is 10.6 Å². The Labute approximate surface area is 119 Å². The molecule has 0 radical (unpaired) electrons. The van der Waals surface area contributed by atoms with Crippen LogP contribution in [-0.4, -0.2) is 29.8 Å². The summed E-state index contributed by atoms with van der Waals surface area (Å²) in [6.45, 7) is 0.342. The highest BCUT2D eigenvalue weighted by molar-refractivity contribution is 5.98. The van der Waals surface area contributed by atoms with Crippen molar-refractivity contribution >= 4 is 17.5 Å². The highest BCUT2D eigenvalue weighted by Gasteiger charge is 2.29. The minimum atomic E-state index is -0.748. The molecule has 2 amide bonds. The molecule has 1 saturated carbocycles. The number of hydrogen-bond donors (Lipinski definition) is 2. The first-order valence-corrected chi connectivity index (χ1v) is 6.49. The summed E-state index contributed by atoms with van der Waals surface area (Å²) >= 11 is 0. The fourth-order valence-corrected chi connectivity index (χ4v) is 1.80. The van der Waals surface area contributed by atoms with E-state index in [4.69, 9.17) is 0 Å². The van der Waals surface area contributed by atoms with Crippen molar-refractivity contribution in [3.8, 4) is 0 Å². The van der Waals surface area contributed by atoms with Crippen LogP contribution in [0.5, 0.6) is 0 Å². The normalized spacial score (nSPS) is 13.6. The fraction of sp³-hybridized carbons (Fsp3) is 0.385. The van der Waals surface area contributed by atoms with Gasteiger partial charge in [0.1, 0.15) is 11.4 Å². The lowest BCUT2D eigenvalue weighted by Crippen LogP contribution is -2.35. The van der Waals surface area contributed by atoms with Crippen molar-refractivity contribution in [2.75, 3.05) is 13.1 Å². The molecule has 0 bridgehead atoms. The molecule has 0 unspecified atom stereocenters. The van der Waals surface area contributed by atoms with Crippen LogP contribution in [0.15, 0.2) is 18.2 Å². The molecule has 0 aromatic heterocycles. The highest BCUT2D eigenvalue weighted by Crippen LogP contribution is 2.28. The summed E-state index contributed by atoms with van der Waals surface area (Å²) in [6, 6.07) is 2.68. The second-order valence-corrected chi connectivity index (χ2v) is 4.74. The van der Waals surface area contributed by atoms with E-state index in [0.717, 1.165) is 31.0 Å². The van der Waals surface area contributed by atoms with Gasteiger partial charge in [-0.15, -0.1) is 0 Å². The number of amides is 2. The predicted molar refractivity (Wildman–Crippen MR) is 71.1 cm³/mol. The van der Waals surface area contributed by atoms with Gasteiger partial charge >= 0.3 is 0 Å². The molecule has 0 heterocycles. The van der Waals surface area contributed by atoms with E-state index in [1.54, 1.807) is 0 Å². The Morgan fingerprint density at radius 1 is 1.29 bits per heavy atom. The van der Waals surface area contributed by atoms with Gasteiger partial charge in [0.05, 0.1) is 4.92 Å². The molecule has 21 heavy (non-hydrogen) atoms. The Kier molecular flexibility index (Phi) is 4.46. The summed E-state index contributed by atoms with van der Waals surface area (Å²) in [5.41, 5.74) is -0.801. The highest BCUT2D eigenvalue weighted by atomic mass is 19.1. The minimum Gasteiger partial charge on any atom is -0.354 e. The first kappa shape index (κ1) is 14.9. The molecule has 1 fully saturated rings. The molecule has 1 aliphatic carbocycles. The van der Waals surface area contributed by atoms with Crippen LogP contribution in [0.4, 0.5) is 10.1 Å². The molecule has 0 aliphatic heterocycles. The number of benzene rings is 1. The van der Waals surface area contributed by atoms with Crippen LogP contribution in [0.25, 0.3) is 0 Å². The number of nitro groups is 1. The van der Waals surface area contributed by atoms with Gasteiger partial charge in [0.15, 0.2) is 0 Å².